The Balaban J connectivity index is 0.00000240. The second-order valence-corrected chi connectivity index (χ2v) is 6.95. The molecule has 1 aliphatic heterocycles. The zero-order chi connectivity index (χ0) is 19.7. The maximum absolute atomic E-state index is 13.2. The Hall–Kier alpha value is -3.12. The number of nitrogens with zero attached hydrogens (tertiary/aromatic N) is 1. The largest absolute Gasteiger partial charge is 0.497 e. The van der Waals surface area contributed by atoms with E-state index in [-0.39, 0.29) is 1.43 Å². The van der Waals surface area contributed by atoms with Crippen LogP contribution < -0.4 is 15.4 Å². The molecule has 0 atom stereocenters. The van der Waals surface area contributed by atoms with Gasteiger partial charge in [-0.15, -0.1) is 0 Å². The van der Waals surface area contributed by atoms with Gasteiger partial charge in [-0.3, -0.25) is 9.59 Å². The van der Waals surface area contributed by atoms with Crippen LogP contribution in [0.25, 0.3) is 10.9 Å². The first-order chi connectivity index (χ1) is 13.6. The number of hydrogen-bond donors (Lipinski definition) is 2. The number of benzene rings is 2. The van der Waals surface area contributed by atoms with Crippen LogP contribution in [-0.4, -0.2) is 36.5 Å². The number of aryl methyl sites for hydroxylation is 1. The molecule has 0 saturated carbocycles. The molecule has 0 fully saturated rings. The topological polar surface area (TPSA) is 72.4 Å². The molecule has 2 N–H and O–H groups in total. The van der Waals surface area contributed by atoms with E-state index in [9.17, 15) is 9.59 Å². The first kappa shape index (κ1) is 18.3. The first-order valence-corrected chi connectivity index (χ1v) is 9.41. The summed E-state index contributed by atoms with van der Waals surface area (Å²) in [7, 11) is 1.59. The number of nitrogens with one attached hydrogen (secondary N) is 2. The summed E-state index contributed by atoms with van der Waals surface area (Å²) in [5.41, 5.74) is 3.89. The summed E-state index contributed by atoms with van der Waals surface area (Å²) < 4.78 is 7.36. The van der Waals surface area contributed by atoms with Gasteiger partial charge in [-0.25, -0.2) is 0 Å². The highest BCUT2D eigenvalue weighted by Crippen LogP contribution is 2.29. The summed E-state index contributed by atoms with van der Waals surface area (Å²) in [5.74, 6) is -0.412. The number of fused-ring (bicyclic) bond motifs is 3. The second kappa shape index (κ2) is 7.48. The van der Waals surface area contributed by atoms with Crippen LogP contribution in [0.4, 0.5) is 5.69 Å². The third kappa shape index (κ3) is 3.16. The van der Waals surface area contributed by atoms with Gasteiger partial charge in [0.15, 0.2) is 0 Å². The number of Topliss-reactive ketones (excluding diaryl/α,β-unsaturated/α-hetero) is 1. The molecule has 0 bridgehead atoms. The fourth-order valence-electron chi connectivity index (χ4n) is 3.84. The van der Waals surface area contributed by atoms with Crippen LogP contribution >= 0.6 is 0 Å². The van der Waals surface area contributed by atoms with Crippen LogP contribution in [0, 0.1) is 6.92 Å². The van der Waals surface area contributed by atoms with E-state index in [1.54, 1.807) is 19.2 Å². The molecule has 6 nitrogen and oxygen atoms in total. The first-order valence-electron chi connectivity index (χ1n) is 9.41. The zero-order valence-corrected chi connectivity index (χ0v) is 16.0. The predicted octanol–water partition coefficient (Wildman–Crippen LogP) is 3.17. The molecule has 6 heteroatoms. The highest BCUT2D eigenvalue weighted by atomic mass is 16.5. The Kier molecular flexibility index (Phi) is 4.88. The van der Waals surface area contributed by atoms with Crippen LogP contribution in [0.5, 0.6) is 5.75 Å². The molecule has 0 radical (unpaired) electrons. The van der Waals surface area contributed by atoms with Crippen molar-refractivity contribution in [3.8, 4) is 5.75 Å². The summed E-state index contributed by atoms with van der Waals surface area (Å²) >= 11 is 0. The van der Waals surface area contributed by atoms with Crippen LogP contribution in [0.1, 0.15) is 23.0 Å². The van der Waals surface area contributed by atoms with E-state index in [1.165, 1.54) is 0 Å². The van der Waals surface area contributed by atoms with Crippen molar-refractivity contribution in [3.05, 3.63) is 59.3 Å². The van der Waals surface area contributed by atoms with Crippen molar-refractivity contribution >= 4 is 28.3 Å². The van der Waals surface area contributed by atoms with Crippen LogP contribution in [0.3, 0.4) is 0 Å². The van der Waals surface area contributed by atoms with Crippen molar-refractivity contribution in [2.75, 3.05) is 25.5 Å². The predicted molar refractivity (Wildman–Crippen MR) is 111 cm³/mol. The average molecular weight is 379 g/mol. The molecule has 3 aromatic rings. The van der Waals surface area contributed by atoms with Crippen molar-refractivity contribution in [3.63, 3.8) is 0 Å². The van der Waals surface area contributed by atoms with Gasteiger partial charge >= 0.3 is 0 Å². The van der Waals surface area contributed by atoms with E-state index < -0.39 is 11.7 Å². The molecule has 0 unspecified atom stereocenters. The molecule has 0 aliphatic carbocycles. The van der Waals surface area contributed by atoms with E-state index in [1.807, 2.05) is 37.3 Å². The smallest absolute Gasteiger partial charge is 0.296 e. The summed E-state index contributed by atoms with van der Waals surface area (Å²) in [6, 6.07) is 13.1. The number of anilines is 1. The summed E-state index contributed by atoms with van der Waals surface area (Å²) in [4.78, 5) is 26.0. The number of hydrogen-bond acceptors (Lipinski definition) is 4. The van der Waals surface area contributed by atoms with E-state index in [4.69, 9.17) is 4.74 Å². The Labute approximate surface area is 165 Å². The fourth-order valence-corrected chi connectivity index (χ4v) is 3.84. The minimum atomic E-state index is -0.621. The van der Waals surface area contributed by atoms with E-state index >= 15 is 0 Å². The molecule has 2 aromatic carbocycles. The van der Waals surface area contributed by atoms with Gasteiger partial charge in [0, 0.05) is 49.8 Å². The lowest BCUT2D eigenvalue weighted by Gasteiger charge is -2.10. The van der Waals surface area contributed by atoms with Crippen molar-refractivity contribution in [2.24, 2.45) is 0 Å². The van der Waals surface area contributed by atoms with Gasteiger partial charge in [0.2, 0.25) is 0 Å². The third-order valence-electron chi connectivity index (χ3n) is 5.24. The average Bonchev–Trinajstić information content (AvgIpc) is 2.85. The number of ether oxygens (including phenoxy) is 1. The van der Waals surface area contributed by atoms with Crippen LogP contribution in [-0.2, 0) is 17.8 Å². The number of carbonyl (C=O) groups is 2. The Bertz CT molecular complexity index is 1070. The van der Waals surface area contributed by atoms with Crippen LogP contribution in [0.15, 0.2) is 42.5 Å². The van der Waals surface area contributed by atoms with E-state index in [2.05, 4.69) is 15.2 Å². The van der Waals surface area contributed by atoms with Crippen molar-refractivity contribution in [2.45, 2.75) is 19.9 Å². The Morgan fingerprint density at radius 1 is 1.18 bits per heavy atom. The summed E-state index contributed by atoms with van der Waals surface area (Å²) in [6.07, 6.45) is 0.713. The third-order valence-corrected chi connectivity index (χ3v) is 5.24. The lowest BCUT2D eigenvalue weighted by molar-refractivity contribution is -0.112. The number of carbonyl (C=O) groups excluding carboxylic acids is 2. The molecular formula is C22H25N3O3. The van der Waals surface area contributed by atoms with Gasteiger partial charge in [-0.1, -0.05) is 18.2 Å². The van der Waals surface area contributed by atoms with E-state index in [0.29, 0.717) is 23.4 Å². The van der Waals surface area contributed by atoms with Crippen LogP contribution in [0.2, 0.25) is 0 Å². The summed E-state index contributed by atoms with van der Waals surface area (Å²) in [5, 5.41) is 6.96. The molecule has 1 aromatic heterocycles. The van der Waals surface area contributed by atoms with Gasteiger partial charge in [0.25, 0.3) is 11.7 Å². The fraction of sp³-hybridized carbons (Fsp3) is 0.273. The number of ketones is 1. The maximum atomic E-state index is 13.2. The lowest BCUT2D eigenvalue weighted by Crippen LogP contribution is -2.24. The minimum Gasteiger partial charge on any atom is -0.497 e. The normalized spacial score (nSPS) is 13.6. The molecule has 28 heavy (non-hydrogen) atoms. The maximum Gasteiger partial charge on any atom is 0.296 e. The van der Waals surface area contributed by atoms with Crippen molar-refractivity contribution in [1.29, 1.82) is 0 Å². The molecule has 146 valence electrons. The van der Waals surface area contributed by atoms with Gasteiger partial charge in [-0.2, -0.15) is 0 Å². The molecule has 2 heterocycles. The highest BCUT2D eigenvalue weighted by molar-refractivity contribution is 6.48. The highest BCUT2D eigenvalue weighted by Gasteiger charge is 2.27. The molecule has 1 aliphatic rings. The quantitative estimate of drug-likeness (QED) is 0.539. The summed E-state index contributed by atoms with van der Waals surface area (Å²) in [6.45, 7) is 4.28. The number of aromatic nitrogens is 1. The SMILES string of the molecule is COc1ccc(NC(=O)C(=O)c2c3n(c4ccccc24)CCNCC3)c(C)c1.[HH]. The van der Waals surface area contributed by atoms with Gasteiger partial charge < -0.3 is 19.9 Å². The minimum absolute atomic E-state index is 0. The molecule has 0 saturated heterocycles. The Morgan fingerprint density at radius 2 is 2.00 bits per heavy atom. The lowest BCUT2D eigenvalue weighted by atomic mass is 10.0. The van der Waals surface area contributed by atoms with Crippen molar-refractivity contribution in [1.82, 2.24) is 9.88 Å². The number of amides is 1. The van der Waals surface area contributed by atoms with Gasteiger partial charge in [-0.05, 0) is 36.8 Å². The van der Waals surface area contributed by atoms with Gasteiger partial charge in [0.05, 0.1) is 12.7 Å². The molecular weight excluding hydrogens is 354 g/mol. The number of methoxy groups -OCH3 is 1. The molecule has 1 amide bonds. The number of rotatable bonds is 4. The molecule has 4 rings (SSSR count). The molecule has 0 spiro atoms. The second-order valence-electron chi connectivity index (χ2n) is 6.95. The zero-order valence-electron chi connectivity index (χ0n) is 16.0. The monoisotopic (exact) mass is 379 g/mol. The van der Waals surface area contributed by atoms with Crippen molar-refractivity contribution < 1.29 is 15.8 Å². The standard InChI is InChI=1S/C22H23N3O3.H2/c1-14-13-15(28-2)7-8-17(14)24-22(27)21(26)20-16-5-3-4-6-18(16)25-12-11-23-10-9-19(20)25;/h3-8,13,23H,9-12H2,1-2H3,(H,24,27);1H. The van der Waals surface area contributed by atoms with E-state index in [0.717, 1.165) is 41.8 Å². The van der Waals surface area contributed by atoms with Gasteiger partial charge in [0.1, 0.15) is 5.75 Å². The Morgan fingerprint density at radius 3 is 2.79 bits per heavy atom. The number of para-hydroxylation sites is 1.